The van der Waals surface area contributed by atoms with Crippen LogP contribution in [0.1, 0.15) is 47.0 Å². The Kier molecular flexibility index (Phi) is 4.60. The first-order valence-corrected chi connectivity index (χ1v) is 6.43. The van der Waals surface area contributed by atoms with Crippen LogP contribution in [0.5, 0.6) is 0 Å². The van der Waals surface area contributed by atoms with Gasteiger partial charge < -0.3 is 5.32 Å². The molecule has 2 heteroatoms. The van der Waals surface area contributed by atoms with Crippen LogP contribution in [0.3, 0.4) is 0 Å². The van der Waals surface area contributed by atoms with Gasteiger partial charge in [0.15, 0.2) is 0 Å². The smallest absolute Gasteiger partial charge is 0.0153 e. The Morgan fingerprint density at radius 2 is 2.07 bits per heavy atom. The van der Waals surface area contributed by atoms with Crippen LogP contribution in [-0.2, 0) is 0 Å². The van der Waals surface area contributed by atoms with Gasteiger partial charge in [-0.05, 0) is 39.7 Å². The molecule has 1 fully saturated rings. The fourth-order valence-corrected chi connectivity index (χ4v) is 2.89. The molecule has 0 bridgehead atoms. The largest absolute Gasteiger partial charge is 0.317 e. The van der Waals surface area contributed by atoms with Gasteiger partial charge in [0.25, 0.3) is 0 Å². The minimum atomic E-state index is 0.391. The lowest BCUT2D eigenvalue weighted by atomic mass is 9.88. The van der Waals surface area contributed by atoms with Crippen LogP contribution in [-0.4, -0.2) is 36.6 Å². The molecule has 90 valence electrons. The highest BCUT2D eigenvalue weighted by Crippen LogP contribution is 2.27. The summed E-state index contributed by atoms with van der Waals surface area (Å²) >= 11 is 0. The summed E-state index contributed by atoms with van der Waals surface area (Å²) in [5, 5.41) is 3.43. The normalized spacial score (nSPS) is 29.4. The molecule has 0 aromatic carbocycles. The van der Waals surface area contributed by atoms with E-state index in [2.05, 4.69) is 45.0 Å². The molecule has 2 unspecified atom stereocenters. The Labute approximate surface area is 95.4 Å². The fraction of sp³-hybridized carbons (Fsp3) is 1.00. The molecule has 0 amide bonds. The van der Waals surface area contributed by atoms with Crippen LogP contribution in [0.2, 0.25) is 0 Å². The summed E-state index contributed by atoms with van der Waals surface area (Å²) in [6.45, 7) is 11.9. The molecule has 1 aliphatic heterocycles. The lowest BCUT2D eigenvalue weighted by molar-refractivity contribution is 0.0500. The van der Waals surface area contributed by atoms with E-state index in [1.807, 2.05) is 0 Å². The fourth-order valence-electron chi connectivity index (χ4n) is 2.89. The summed E-state index contributed by atoms with van der Waals surface area (Å²) in [4.78, 5) is 2.68. The highest BCUT2D eigenvalue weighted by Gasteiger charge is 2.32. The molecule has 0 radical (unpaired) electrons. The average molecular weight is 212 g/mol. The van der Waals surface area contributed by atoms with Crippen LogP contribution in [0, 0.1) is 5.92 Å². The first-order valence-electron chi connectivity index (χ1n) is 6.43. The zero-order valence-electron chi connectivity index (χ0n) is 11.1. The molecular weight excluding hydrogens is 184 g/mol. The lowest BCUT2D eigenvalue weighted by Gasteiger charge is -2.45. The number of piperidine rings is 1. The van der Waals surface area contributed by atoms with Gasteiger partial charge in [0, 0.05) is 24.7 Å². The van der Waals surface area contributed by atoms with Gasteiger partial charge in [0.1, 0.15) is 0 Å². The molecule has 1 aliphatic rings. The van der Waals surface area contributed by atoms with Crippen molar-refractivity contribution in [3.63, 3.8) is 0 Å². The van der Waals surface area contributed by atoms with Gasteiger partial charge in [-0.25, -0.2) is 0 Å². The second kappa shape index (κ2) is 5.31. The predicted molar refractivity (Wildman–Crippen MR) is 67.2 cm³/mol. The van der Waals surface area contributed by atoms with Gasteiger partial charge in [0.05, 0.1) is 0 Å². The van der Waals surface area contributed by atoms with E-state index in [0.29, 0.717) is 5.54 Å². The Morgan fingerprint density at radius 1 is 1.40 bits per heavy atom. The van der Waals surface area contributed by atoms with Crippen LogP contribution in [0.25, 0.3) is 0 Å². The highest BCUT2D eigenvalue weighted by atomic mass is 15.2. The predicted octanol–water partition coefficient (Wildman–Crippen LogP) is 2.49. The van der Waals surface area contributed by atoms with E-state index in [0.717, 1.165) is 12.0 Å². The summed E-state index contributed by atoms with van der Waals surface area (Å²) in [5.41, 5.74) is 0.391. The molecule has 0 aliphatic carbocycles. The molecule has 1 saturated heterocycles. The number of nitrogens with one attached hydrogen (secondary N) is 1. The number of likely N-dealkylation sites (tertiary alicyclic amines) is 1. The maximum Gasteiger partial charge on any atom is 0.0153 e. The van der Waals surface area contributed by atoms with E-state index in [1.54, 1.807) is 0 Å². The number of hydrogen-bond donors (Lipinski definition) is 1. The lowest BCUT2D eigenvalue weighted by Crippen LogP contribution is -2.54. The third kappa shape index (κ3) is 3.18. The van der Waals surface area contributed by atoms with Crippen LogP contribution in [0.4, 0.5) is 0 Å². The van der Waals surface area contributed by atoms with Crippen molar-refractivity contribution >= 4 is 0 Å². The monoisotopic (exact) mass is 212 g/mol. The molecule has 1 N–H and O–H groups in total. The van der Waals surface area contributed by atoms with E-state index in [1.165, 1.54) is 32.4 Å². The minimum absolute atomic E-state index is 0.391. The second-order valence-electron chi connectivity index (χ2n) is 5.67. The van der Waals surface area contributed by atoms with Gasteiger partial charge in [-0.2, -0.15) is 0 Å². The van der Waals surface area contributed by atoms with Gasteiger partial charge in [-0.3, -0.25) is 4.90 Å². The van der Waals surface area contributed by atoms with E-state index in [9.17, 15) is 0 Å². The minimum Gasteiger partial charge on any atom is -0.317 e. The van der Waals surface area contributed by atoms with E-state index in [4.69, 9.17) is 0 Å². The summed E-state index contributed by atoms with van der Waals surface area (Å²) in [5.74, 6) is 0.778. The molecule has 0 aromatic heterocycles. The Hall–Kier alpha value is -0.0800. The molecule has 15 heavy (non-hydrogen) atoms. The van der Waals surface area contributed by atoms with Gasteiger partial charge in [-0.15, -0.1) is 0 Å². The SMILES string of the molecule is CCCC(C)(C)N1CCC(NC)C(C)C1. The molecule has 0 spiro atoms. The first-order chi connectivity index (χ1) is 7.01. The zero-order chi connectivity index (χ0) is 11.5. The van der Waals surface area contributed by atoms with Crippen LogP contribution in [0.15, 0.2) is 0 Å². The molecule has 0 saturated carbocycles. The standard InChI is InChI=1S/C13H28N2/c1-6-8-13(3,4)15-9-7-12(14-5)11(2)10-15/h11-12,14H,6-10H2,1-5H3. The number of rotatable bonds is 4. The van der Waals surface area contributed by atoms with Crippen molar-refractivity contribution < 1.29 is 0 Å². The third-order valence-corrected chi connectivity index (χ3v) is 3.99. The van der Waals surface area contributed by atoms with Gasteiger partial charge >= 0.3 is 0 Å². The molecule has 2 atom stereocenters. The maximum atomic E-state index is 3.43. The van der Waals surface area contributed by atoms with E-state index >= 15 is 0 Å². The third-order valence-electron chi connectivity index (χ3n) is 3.99. The molecule has 1 rings (SSSR count). The van der Waals surface area contributed by atoms with Crippen molar-refractivity contribution in [3.8, 4) is 0 Å². The average Bonchev–Trinajstić information content (AvgIpc) is 2.17. The Balaban J connectivity index is 2.53. The van der Waals surface area contributed by atoms with E-state index < -0.39 is 0 Å². The van der Waals surface area contributed by atoms with Crippen molar-refractivity contribution in [1.29, 1.82) is 0 Å². The van der Waals surface area contributed by atoms with Gasteiger partial charge in [-0.1, -0.05) is 20.3 Å². The molecule has 1 heterocycles. The summed E-state index contributed by atoms with van der Waals surface area (Å²) < 4.78 is 0. The van der Waals surface area contributed by atoms with Crippen LogP contribution >= 0.6 is 0 Å². The van der Waals surface area contributed by atoms with Crippen molar-refractivity contribution in [3.05, 3.63) is 0 Å². The summed E-state index contributed by atoms with van der Waals surface area (Å²) in [6.07, 6.45) is 3.89. The summed E-state index contributed by atoms with van der Waals surface area (Å²) in [6, 6.07) is 0.721. The van der Waals surface area contributed by atoms with E-state index in [-0.39, 0.29) is 0 Å². The molecule has 2 nitrogen and oxygen atoms in total. The Morgan fingerprint density at radius 3 is 2.53 bits per heavy atom. The van der Waals surface area contributed by atoms with Crippen molar-refractivity contribution in [1.82, 2.24) is 10.2 Å². The van der Waals surface area contributed by atoms with Crippen LogP contribution < -0.4 is 5.32 Å². The molecule has 0 aromatic rings. The van der Waals surface area contributed by atoms with Crippen molar-refractivity contribution in [2.45, 2.75) is 58.5 Å². The number of hydrogen-bond acceptors (Lipinski definition) is 2. The van der Waals surface area contributed by atoms with Gasteiger partial charge in [0.2, 0.25) is 0 Å². The highest BCUT2D eigenvalue weighted by molar-refractivity contribution is 4.89. The quantitative estimate of drug-likeness (QED) is 0.770. The van der Waals surface area contributed by atoms with Crippen molar-refractivity contribution in [2.24, 2.45) is 5.92 Å². The summed E-state index contributed by atoms with van der Waals surface area (Å²) in [7, 11) is 2.09. The maximum absolute atomic E-state index is 3.43. The number of nitrogens with zero attached hydrogens (tertiary/aromatic N) is 1. The topological polar surface area (TPSA) is 15.3 Å². The molecular formula is C13H28N2. The second-order valence-corrected chi connectivity index (χ2v) is 5.67. The Bertz CT molecular complexity index is 189. The van der Waals surface area contributed by atoms with Crippen molar-refractivity contribution in [2.75, 3.05) is 20.1 Å². The first kappa shape index (κ1) is 13.0. The zero-order valence-corrected chi connectivity index (χ0v) is 11.1.